The van der Waals surface area contributed by atoms with Crippen LogP contribution in [0.5, 0.6) is 0 Å². The highest BCUT2D eigenvalue weighted by atomic mass is 32.2. The molecule has 0 atom stereocenters. The molecule has 0 fully saturated rings. The normalized spacial score (nSPS) is 14.2. The number of nitrogens with one attached hydrogen (secondary N) is 1. The molecule has 1 N–H and O–H groups in total. The van der Waals surface area contributed by atoms with Crippen LogP contribution < -0.4 is 4.72 Å². The first-order valence-corrected chi connectivity index (χ1v) is 8.24. The van der Waals surface area contributed by atoms with Crippen LogP contribution in [0.4, 0.5) is 5.69 Å². The van der Waals surface area contributed by atoms with Gasteiger partial charge < -0.3 is 0 Å². The van der Waals surface area contributed by atoms with E-state index in [9.17, 15) is 8.42 Å². The Morgan fingerprint density at radius 1 is 1.30 bits per heavy atom. The number of aryl methyl sites for hydroxylation is 3. The molecular weight excluding hydrogens is 274 g/mol. The fraction of sp³-hybridized carbons (Fsp3) is 0.357. The zero-order valence-corrected chi connectivity index (χ0v) is 12.2. The molecule has 0 bridgehead atoms. The Morgan fingerprint density at radius 2 is 2.10 bits per heavy atom. The molecule has 1 aromatic heterocycles. The highest BCUT2D eigenvalue weighted by Crippen LogP contribution is 2.25. The lowest BCUT2D eigenvalue weighted by Gasteiger charge is -2.07. The average Bonchev–Trinajstić information content (AvgIpc) is 3.05. The number of hydrogen-bond donors (Lipinski definition) is 1. The molecule has 1 aliphatic carbocycles. The van der Waals surface area contributed by atoms with Crippen molar-refractivity contribution >= 4 is 15.7 Å². The lowest BCUT2D eigenvalue weighted by atomic mass is 10.1. The molecule has 1 heterocycles. The maximum atomic E-state index is 12.4. The summed E-state index contributed by atoms with van der Waals surface area (Å²) in [5, 5.41) is 4.06. The summed E-state index contributed by atoms with van der Waals surface area (Å²) in [6.45, 7) is 2.66. The van der Waals surface area contributed by atoms with Crippen molar-refractivity contribution in [2.45, 2.75) is 37.6 Å². The van der Waals surface area contributed by atoms with Crippen LogP contribution in [-0.2, 0) is 29.4 Å². The zero-order chi connectivity index (χ0) is 14.2. The topological polar surface area (TPSA) is 64.0 Å². The summed E-state index contributed by atoms with van der Waals surface area (Å²) in [4.78, 5) is 0.322. The summed E-state index contributed by atoms with van der Waals surface area (Å²) >= 11 is 0. The first kappa shape index (κ1) is 13.2. The lowest BCUT2D eigenvalue weighted by Crippen LogP contribution is -2.13. The largest absolute Gasteiger partial charge is 0.276 e. The van der Waals surface area contributed by atoms with E-state index in [1.54, 1.807) is 23.0 Å². The number of aromatic nitrogens is 2. The van der Waals surface area contributed by atoms with E-state index in [0.29, 0.717) is 17.1 Å². The van der Waals surface area contributed by atoms with Crippen molar-refractivity contribution in [2.24, 2.45) is 0 Å². The van der Waals surface area contributed by atoms with E-state index in [2.05, 4.69) is 9.82 Å². The van der Waals surface area contributed by atoms with Crippen LogP contribution in [0.2, 0.25) is 0 Å². The molecule has 0 radical (unpaired) electrons. The quantitative estimate of drug-likeness (QED) is 0.939. The van der Waals surface area contributed by atoms with Crippen LogP contribution in [0.3, 0.4) is 0 Å². The Bertz CT molecular complexity index is 735. The number of fused-ring (bicyclic) bond motifs is 1. The molecule has 0 saturated carbocycles. The van der Waals surface area contributed by atoms with Crippen molar-refractivity contribution in [3.63, 3.8) is 0 Å². The van der Waals surface area contributed by atoms with Gasteiger partial charge in [0.25, 0.3) is 10.0 Å². The van der Waals surface area contributed by atoms with E-state index < -0.39 is 10.0 Å². The Hall–Kier alpha value is -1.82. The van der Waals surface area contributed by atoms with Gasteiger partial charge in [-0.1, -0.05) is 6.07 Å². The molecule has 20 heavy (non-hydrogen) atoms. The zero-order valence-electron chi connectivity index (χ0n) is 11.3. The Kier molecular flexibility index (Phi) is 3.25. The summed E-state index contributed by atoms with van der Waals surface area (Å²) in [5.41, 5.74) is 2.91. The molecule has 0 aliphatic heterocycles. The molecule has 3 rings (SSSR count). The van der Waals surface area contributed by atoms with Gasteiger partial charge in [-0.2, -0.15) is 5.10 Å². The number of benzene rings is 1. The summed E-state index contributed by atoms with van der Waals surface area (Å²) in [6, 6.07) is 5.39. The maximum absolute atomic E-state index is 12.4. The van der Waals surface area contributed by atoms with Crippen molar-refractivity contribution < 1.29 is 8.42 Å². The second-order valence-electron chi connectivity index (χ2n) is 4.97. The van der Waals surface area contributed by atoms with Crippen LogP contribution in [0.15, 0.2) is 35.5 Å². The Morgan fingerprint density at radius 3 is 2.85 bits per heavy atom. The molecule has 6 heteroatoms. The van der Waals surface area contributed by atoms with Crippen LogP contribution >= 0.6 is 0 Å². The van der Waals surface area contributed by atoms with Crippen molar-refractivity contribution in [2.75, 3.05) is 4.72 Å². The molecule has 0 amide bonds. The first-order chi connectivity index (χ1) is 9.58. The molecule has 1 aliphatic rings. The SMILES string of the molecule is CCn1cc(NS(=O)(=O)c2ccc3c(c2)CCC3)cn1. The molecule has 106 valence electrons. The minimum Gasteiger partial charge on any atom is -0.276 e. The lowest BCUT2D eigenvalue weighted by molar-refractivity contribution is 0.601. The number of sulfonamides is 1. The number of hydrogen-bond acceptors (Lipinski definition) is 3. The minimum absolute atomic E-state index is 0.322. The maximum Gasteiger partial charge on any atom is 0.262 e. The van der Waals surface area contributed by atoms with Gasteiger partial charge in [0.2, 0.25) is 0 Å². The minimum atomic E-state index is -3.53. The summed E-state index contributed by atoms with van der Waals surface area (Å²) < 4.78 is 29.0. The van der Waals surface area contributed by atoms with Gasteiger partial charge in [0.05, 0.1) is 16.8 Å². The number of nitrogens with zero attached hydrogens (tertiary/aromatic N) is 2. The van der Waals surface area contributed by atoms with E-state index >= 15 is 0 Å². The highest BCUT2D eigenvalue weighted by molar-refractivity contribution is 7.92. The molecule has 0 saturated heterocycles. The number of rotatable bonds is 4. The molecular formula is C14H17N3O2S. The van der Waals surface area contributed by atoms with E-state index in [1.807, 2.05) is 13.0 Å². The molecule has 5 nitrogen and oxygen atoms in total. The van der Waals surface area contributed by atoms with Gasteiger partial charge in [0.15, 0.2) is 0 Å². The van der Waals surface area contributed by atoms with Crippen molar-refractivity contribution in [1.82, 2.24) is 9.78 Å². The van der Waals surface area contributed by atoms with Gasteiger partial charge in [-0.3, -0.25) is 9.40 Å². The van der Waals surface area contributed by atoms with Gasteiger partial charge in [0.1, 0.15) is 0 Å². The first-order valence-electron chi connectivity index (χ1n) is 6.75. The van der Waals surface area contributed by atoms with Crippen LogP contribution in [0.25, 0.3) is 0 Å². The van der Waals surface area contributed by atoms with Crippen LogP contribution in [0, 0.1) is 0 Å². The molecule has 0 spiro atoms. The number of anilines is 1. The predicted molar refractivity (Wildman–Crippen MR) is 77.2 cm³/mol. The summed E-state index contributed by atoms with van der Waals surface area (Å²) in [6.07, 6.45) is 6.33. The smallest absolute Gasteiger partial charge is 0.262 e. The predicted octanol–water partition coefficient (Wildman–Crippen LogP) is 2.19. The third kappa shape index (κ3) is 2.43. The molecule has 1 aromatic carbocycles. The molecule has 0 unspecified atom stereocenters. The Labute approximate surface area is 118 Å². The second kappa shape index (κ2) is 4.94. The van der Waals surface area contributed by atoms with Crippen molar-refractivity contribution in [3.8, 4) is 0 Å². The van der Waals surface area contributed by atoms with E-state index in [0.717, 1.165) is 24.8 Å². The van der Waals surface area contributed by atoms with Crippen LogP contribution in [-0.4, -0.2) is 18.2 Å². The third-order valence-electron chi connectivity index (χ3n) is 3.59. The average molecular weight is 291 g/mol. The Balaban J connectivity index is 1.88. The fourth-order valence-electron chi connectivity index (χ4n) is 2.52. The monoisotopic (exact) mass is 291 g/mol. The summed E-state index contributed by atoms with van der Waals surface area (Å²) in [5.74, 6) is 0. The van der Waals surface area contributed by atoms with Crippen molar-refractivity contribution in [3.05, 3.63) is 41.7 Å². The van der Waals surface area contributed by atoms with Gasteiger partial charge >= 0.3 is 0 Å². The summed E-state index contributed by atoms with van der Waals surface area (Å²) in [7, 11) is -3.53. The van der Waals surface area contributed by atoms with Gasteiger partial charge in [-0.25, -0.2) is 8.42 Å². The van der Waals surface area contributed by atoms with E-state index in [-0.39, 0.29) is 0 Å². The van der Waals surface area contributed by atoms with Gasteiger partial charge in [-0.15, -0.1) is 0 Å². The highest BCUT2D eigenvalue weighted by Gasteiger charge is 2.19. The van der Waals surface area contributed by atoms with Crippen molar-refractivity contribution in [1.29, 1.82) is 0 Å². The standard InChI is InChI=1S/C14H17N3O2S/c1-2-17-10-13(9-15-17)16-20(18,19)14-7-6-11-4-3-5-12(11)8-14/h6-10,16H,2-5H2,1H3. The van der Waals surface area contributed by atoms with Crippen LogP contribution in [0.1, 0.15) is 24.5 Å². The van der Waals surface area contributed by atoms with E-state index in [4.69, 9.17) is 0 Å². The van der Waals surface area contributed by atoms with E-state index in [1.165, 1.54) is 11.8 Å². The van der Waals surface area contributed by atoms with Gasteiger partial charge in [-0.05, 0) is 49.4 Å². The third-order valence-corrected chi connectivity index (χ3v) is 4.97. The van der Waals surface area contributed by atoms with Gasteiger partial charge in [0, 0.05) is 12.7 Å². The molecule has 2 aromatic rings. The second-order valence-corrected chi connectivity index (χ2v) is 6.66. The fourth-order valence-corrected chi connectivity index (χ4v) is 3.60.